The van der Waals surface area contributed by atoms with E-state index in [1.165, 1.54) is 7.11 Å². The van der Waals surface area contributed by atoms with Crippen molar-refractivity contribution in [2.75, 3.05) is 53.6 Å². The zero-order chi connectivity index (χ0) is 26.8. The molecule has 3 heterocycles. The van der Waals surface area contributed by atoms with E-state index >= 15 is 0 Å². The van der Waals surface area contributed by atoms with Gasteiger partial charge in [-0.05, 0) is 49.2 Å². The Balaban J connectivity index is 1.53. The molecule has 2 saturated heterocycles. The SMILES string of the molecule is COc1ccc(C2C(=C(O)c3ccc4c(c3)CC(C)O4)C(=O)C(=O)N2CCCN2CCOCC2)c(OC)c1. The Morgan fingerprint density at radius 2 is 1.84 bits per heavy atom. The van der Waals surface area contributed by atoms with Gasteiger partial charge in [0.2, 0.25) is 0 Å². The molecule has 2 fully saturated rings. The fraction of sp³-hybridized carbons (Fsp3) is 0.448. The van der Waals surface area contributed by atoms with E-state index in [1.54, 1.807) is 42.3 Å². The van der Waals surface area contributed by atoms with Gasteiger partial charge in [0.15, 0.2) is 0 Å². The van der Waals surface area contributed by atoms with Crippen molar-refractivity contribution in [1.29, 1.82) is 0 Å². The predicted molar refractivity (Wildman–Crippen MR) is 141 cm³/mol. The molecule has 1 N–H and O–H groups in total. The summed E-state index contributed by atoms with van der Waals surface area (Å²) in [5.41, 5.74) is 2.10. The van der Waals surface area contributed by atoms with Gasteiger partial charge in [-0.3, -0.25) is 14.5 Å². The first-order chi connectivity index (χ1) is 18.4. The molecule has 0 spiro atoms. The van der Waals surface area contributed by atoms with Crippen molar-refractivity contribution in [3.63, 3.8) is 0 Å². The number of carbonyl (C=O) groups excluding carboxylic acids is 2. The molecule has 38 heavy (non-hydrogen) atoms. The Morgan fingerprint density at radius 1 is 1.05 bits per heavy atom. The van der Waals surface area contributed by atoms with Crippen LogP contribution in [0.1, 0.15) is 36.1 Å². The maximum atomic E-state index is 13.5. The van der Waals surface area contributed by atoms with Gasteiger partial charge in [0.05, 0.1) is 39.0 Å². The van der Waals surface area contributed by atoms with Gasteiger partial charge >= 0.3 is 0 Å². The molecule has 1 amide bonds. The number of methoxy groups -OCH3 is 2. The molecule has 202 valence electrons. The van der Waals surface area contributed by atoms with Crippen molar-refractivity contribution in [3.05, 3.63) is 58.7 Å². The lowest BCUT2D eigenvalue weighted by molar-refractivity contribution is -0.140. The van der Waals surface area contributed by atoms with Crippen LogP contribution in [0.2, 0.25) is 0 Å². The standard InChI is InChI=1S/C29H34N2O7/c1-18-15-20-16-19(5-8-23(20)38-18)27(32)25-26(22-7-6-21(35-2)17-24(22)36-3)31(29(34)28(25)33)10-4-9-30-11-13-37-14-12-30/h5-8,16-18,26,32H,4,9-15H2,1-3H3. The number of aliphatic hydroxyl groups is 1. The van der Waals surface area contributed by atoms with E-state index < -0.39 is 17.7 Å². The number of hydrogen-bond donors (Lipinski definition) is 1. The number of fused-ring (bicyclic) bond motifs is 1. The lowest BCUT2D eigenvalue weighted by Crippen LogP contribution is -2.39. The van der Waals surface area contributed by atoms with Crippen molar-refractivity contribution < 1.29 is 33.6 Å². The molecule has 9 heteroatoms. The van der Waals surface area contributed by atoms with Crippen LogP contribution in [0, 0.1) is 0 Å². The third-order valence-corrected chi connectivity index (χ3v) is 7.42. The molecule has 2 aromatic rings. The summed E-state index contributed by atoms with van der Waals surface area (Å²) in [6, 6.07) is 9.83. The molecule has 0 radical (unpaired) electrons. The summed E-state index contributed by atoms with van der Waals surface area (Å²) in [4.78, 5) is 30.7. The number of nitrogens with zero attached hydrogens (tertiary/aromatic N) is 2. The van der Waals surface area contributed by atoms with Gasteiger partial charge < -0.3 is 29.0 Å². The second kappa shape index (κ2) is 11.0. The minimum atomic E-state index is -0.802. The number of rotatable bonds is 8. The van der Waals surface area contributed by atoms with E-state index in [4.69, 9.17) is 18.9 Å². The Labute approximate surface area is 222 Å². The molecule has 0 aliphatic carbocycles. The molecule has 5 rings (SSSR count). The van der Waals surface area contributed by atoms with Crippen LogP contribution in [0.3, 0.4) is 0 Å². The summed E-state index contributed by atoms with van der Waals surface area (Å²) in [6.45, 7) is 6.19. The highest BCUT2D eigenvalue weighted by Crippen LogP contribution is 2.44. The van der Waals surface area contributed by atoms with Gasteiger partial charge in [0.25, 0.3) is 11.7 Å². The summed E-state index contributed by atoms with van der Waals surface area (Å²) >= 11 is 0. The average molecular weight is 523 g/mol. The van der Waals surface area contributed by atoms with E-state index in [2.05, 4.69) is 4.90 Å². The zero-order valence-corrected chi connectivity index (χ0v) is 22.1. The predicted octanol–water partition coefficient (Wildman–Crippen LogP) is 3.17. The van der Waals surface area contributed by atoms with E-state index in [0.29, 0.717) is 55.2 Å². The van der Waals surface area contributed by atoms with E-state index in [-0.39, 0.29) is 17.4 Å². The zero-order valence-electron chi connectivity index (χ0n) is 22.1. The van der Waals surface area contributed by atoms with Crippen molar-refractivity contribution in [1.82, 2.24) is 9.80 Å². The molecule has 9 nitrogen and oxygen atoms in total. The Morgan fingerprint density at radius 3 is 2.58 bits per heavy atom. The Bertz CT molecular complexity index is 1250. The highest BCUT2D eigenvalue weighted by Gasteiger charge is 2.47. The number of amides is 1. The topological polar surface area (TPSA) is 97.8 Å². The quantitative estimate of drug-likeness (QED) is 0.321. The minimum Gasteiger partial charge on any atom is -0.507 e. The van der Waals surface area contributed by atoms with Gasteiger partial charge in [-0.1, -0.05) is 0 Å². The first kappa shape index (κ1) is 26.1. The van der Waals surface area contributed by atoms with Crippen LogP contribution >= 0.6 is 0 Å². The summed E-state index contributed by atoms with van der Waals surface area (Å²) in [5.74, 6) is 0.283. The maximum Gasteiger partial charge on any atom is 0.295 e. The van der Waals surface area contributed by atoms with Crippen molar-refractivity contribution >= 4 is 17.4 Å². The number of aliphatic hydroxyl groups excluding tert-OH is 1. The van der Waals surface area contributed by atoms with E-state index in [1.807, 2.05) is 13.0 Å². The van der Waals surface area contributed by atoms with Crippen molar-refractivity contribution in [2.24, 2.45) is 0 Å². The second-order valence-corrected chi connectivity index (χ2v) is 9.86. The maximum absolute atomic E-state index is 13.5. The van der Waals surface area contributed by atoms with Gasteiger partial charge in [0, 0.05) is 49.8 Å². The van der Waals surface area contributed by atoms with Crippen LogP contribution in [0.25, 0.3) is 5.76 Å². The number of morpholine rings is 1. The highest BCUT2D eigenvalue weighted by atomic mass is 16.5. The molecule has 3 aliphatic rings. The minimum absolute atomic E-state index is 0.0444. The number of ether oxygens (including phenoxy) is 4. The van der Waals surface area contributed by atoms with Crippen LogP contribution in [0.4, 0.5) is 0 Å². The molecular weight excluding hydrogens is 488 g/mol. The second-order valence-electron chi connectivity index (χ2n) is 9.86. The van der Waals surface area contributed by atoms with Crippen molar-refractivity contribution in [3.8, 4) is 17.2 Å². The summed E-state index contributed by atoms with van der Waals surface area (Å²) in [7, 11) is 3.09. The number of carbonyl (C=O) groups is 2. The van der Waals surface area contributed by atoms with Gasteiger partial charge in [-0.15, -0.1) is 0 Å². The third kappa shape index (κ3) is 4.96. The smallest absolute Gasteiger partial charge is 0.295 e. The van der Waals surface area contributed by atoms with E-state index in [9.17, 15) is 14.7 Å². The average Bonchev–Trinajstić information content (AvgIpc) is 3.43. The van der Waals surface area contributed by atoms with Crippen LogP contribution in [0.15, 0.2) is 42.0 Å². The van der Waals surface area contributed by atoms with Crippen LogP contribution in [-0.4, -0.2) is 86.3 Å². The lowest BCUT2D eigenvalue weighted by atomic mass is 9.93. The fourth-order valence-electron chi connectivity index (χ4n) is 5.49. The fourth-order valence-corrected chi connectivity index (χ4v) is 5.49. The van der Waals surface area contributed by atoms with Gasteiger partial charge in [0.1, 0.15) is 29.1 Å². The molecule has 0 saturated carbocycles. The molecule has 0 bridgehead atoms. The van der Waals surface area contributed by atoms with E-state index in [0.717, 1.165) is 30.9 Å². The first-order valence-corrected chi connectivity index (χ1v) is 13.0. The van der Waals surface area contributed by atoms with Gasteiger partial charge in [-0.25, -0.2) is 0 Å². The first-order valence-electron chi connectivity index (χ1n) is 13.0. The molecule has 3 aliphatic heterocycles. The number of ketones is 1. The highest BCUT2D eigenvalue weighted by molar-refractivity contribution is 6.46. The number of likely N-dealkylation sites (tertiary alicyclic amines) is 1. The summed E-state index contributed by atoms with van der Waals surface area (Å²) in [6.07, 6.45) is 1.43. The number of Topliss-reactive ketones (excluding diaryl/α,β-unsaturated/α-hetero) is 1. The van der Waals surface area contributed by atoms with Crippen LogP contribution in [-0.2, 0) is 20.7 Å². The Hall–Kier alpha value is -3.56. The Kier molecular flexibility index (Phi) is 7.58. The van der Waals surface area contributed by atoms with Gasteiger partial charge in [-0.2, -0.15) is 0 Å². The summed E-state index contributed by atoms with van der Waals surface area (Å²) in [5, 5.41) is 11.5. The summed E-state index contributed by atoms with van der Waals surface area (Å²) < 4.78 is 22.2. The van der Waals surface area contributed by atoms with Crippen molar-refractivity contribution in [2.45, 2.75) is 31.9 Å². The molecule has 2 unspecified atom stereocenters. The monoisotopic (exact) mass is 522 g/mol. The number of benzene rings is 2. The van der Waals surface area contributed by atoms with Crippen LogP contribution < -0.4 is 14.2 Å². The van der Waals surface area contributed by atoms with Crippen LogP contribution in [0.5, 0.6) is 17.2 Å². The third-order valence-electron chi connectivity index (χ3n) is 7.42. The molecule has 2 atom stereocenters. The number of hydrogen-bond acceptors (Lipinski definition) is 8. The molecule has 2 aromatic carbocycles. The normalized spacial score (nSPS) is 22.9. The lowest BCUT2D eigenvalue weighted by Gasteiger charge is -2.29. The molecule has 0 aromatic heterocycles. The molecular formula is C29H34N2O7. The largest absolute Gasteiger partial charge is 0.507 e.